The van der Waals surface area contributed by atoms with Crippen LogP contribution in [0.2, 0.25) is 0 Å². The molecule has 1 fully saturated rings. The minimum absolute atomic E-state index is 0.564. The van der Waals surface area contributed by atoms with Gasteiger partial charge in [0.25, 0.3) is 0 Å². The first kappa shape index (κ1) is 19.0. The zero-order valence-corrected chi connectivity index (χ0v) is 13.0. The fourth-order valence-electron chi connectivity index (χ4n) is 2.22. The van der Waals surface area contributed by atoms with Gasteiger partial charge in [0.15, 0.2) is 0 Å². The third-order valence-corrected chi connectivity index (χ3v) is 3.49. The number of para-hydroxylation sites is 1. The molecule has 1 aliphatic rings. The number of halogens is 6. The molecule has 0 bridgehead atoms. The largest absolute Gasteiger partial charge is 0.447 e. The van der Waals surface area contributed by atoms with Crippen LogP contribution in [0, 0.1) is 0 Å². The Morgan fingerprint density at radius 1 is 0.960 bits per heavy atom. The first-order valence-electron chi connectivity index (χ1n) is 7.09. The van der Waals surface area contributed by atoms with Crippen molar-refractivity contribution in [3.8, 4) is 5.75 Å². The van der Waals surface area contributed by atoms with E-state index >= 15 is 0 Å². The van der Waals surface area contributed by atoms with Gasteiger partial charge in [-0.25, -0.2) is 0 Å². The lowest BCUT2D eigenvalue weighted by molar-refractivity contribution is -0.536. The lowest BCUT2D eigenvalue weighted by Gasteiger charge is -2.55. The summed E-state index contributed by atoms with van der Waals surface area (Å²) >= 11 is 0. The van der Waals surface area contributed by atoms with Crippen molar-refractivity contribution in [1.82, 2.24) is 0 Å². The van der Waals surface area contributed by atoms with Gasteiger partial charge in [-0.05, 0) is 31.2 Å². The molecule has 25 heavy (non-hydrogen) atoms. The Kier molecular flexibility index (Phi) is 4.67. The summed E-state index contributed by atoms with van der Waals surface area (Å²) in [5.41, 5.74) is 0. The van der Waals surface area contributed by atoms with E-state index in [2.05, 4.69) is 16.1 Å². The van der Waals surface area contributed by atoms with Crippen molar-refractivity contribution in [2.75, 3.05) is 0 Å². The predicted octanol–water partition coefficient (Wildman–Crippen LogP) is 5.34. The van der Waals surface area contributed by atoms with Crippen LogP contribution < -0.4 is 4.74 Å². The molecule has 0 amide bonds. The molecule has 2 rings (SSSR count). The summed E-state index contributed by atoms with van der Waals surface area (Å²) in [6.07, 6.45) is 4.19. The molecule has 0 radical (unpaired) electrons. The summed E-state index contributed by atoms with van der Waals surface area (Å²) in [6, 6.07) is 6.03. The van der Waals surface area contributed by atoms with E-state index in [0.29, 0.717) is 0 Å². The number of hydrogen-bond acceptors (Lipinski definition) is 2. The van der Waals surface area contributed by atoms with Crippen LogP contribution in [-0.2, 0) is 4.74 Å². The molecular formula is C17H14F6O2. The Bertz CT molecular complexity index is 700. The fraction of sp³-hybridized carbons (Fsp3) is 0.294. The van der Waals surface area contributed by atoms with Gasteiger partial charge in [0.05, 0.1) is 0 Å². The number of alkyl halides is 6. The third kappa shape index (κ3) is 2.51. The van der Waals surface area contributed by atoms with Gasteiger partial charge in [0.1, 0.15) is 11.5 Å². The average molecular weight is 364 g/mol. The van der Waals surface area contributed by atoms with Crippen LogP contribution in [0.25, 0.3) is 0 Å². The first-order chi connectivity index (χ1) is 11.6. The highest BCUT2D eigenvalue weighted by Crippen LogP contribution is 2.69. The molecule has 1 saturated carbocycles. The van der Waals surface area contributed by atoms with Gasteiger partial charge >= 0.3 is 23.6 Å². The fourth-order valence-corrected chi connectivity index (χ4v) is 2.22. The van der Waals surface area contributed by atoms with Gasteiger partial charge in [-0.2, -0.15) is 26.3 Å². The third-order valence-electron chi connectivity index (χ3n) is 3.49. The standard InChI is InChI=1S/C17H14F6O2/c1-3-8-12(9-4-2)24-16(22)14(18,19)15(20,21)17(16,23)25-13-10-6-5-7-11-13/h3-11H,1H2,2H3/b9-4-,12-8+. The van der Waals surface area contributed by atoms with E-state index in [-0.39, 0.29) is 0 Å². The quantitative estimate of drug-likeness (QED) is 0.385. The zero-order valence-electron chi connectivity index (χ0n) is 13.0. The molecule has 1 aromatic carbocycles. The van der Waals surface area contributed by atoms with Crippen LogP contribution in [0.1, 0.15) is 6.92 Å². The van der Waals surface area contributed by atoms with Crippen molar-refractivity contribution in [2.24, 2.45) is 0 Å². The minimum atomic E-state index is -5.47. The molecule has 2 unspecified atom stereocenters. The number of rotatable bonds is 6. The molecule has 0 aliphatic heterocycles. The van der Waals surface area contributed by atoms with Gasteiger partial charge in [0.2, 0.25) is 0 Å². The molecule has 2 atom stereocenters. The van der Waals surface area contributed by atoms with Gasteiger partial charge < -0.3 is 9.47 Å². The van der Waals surface area contributed by atoms with Gasteiger partial charge in [-0.1, -0.05) is 36.9 Å². The molecule has 0 spiro atoms. The Morgan fingerprint density at radius 3 is 2.04 bits per heavy atom. The summed E-state index contributed by atoms with van der Waals surface area (Å²) in [5.74, 6) is -21.6. The number of ether oxygens (including phenoxy) is 2. The van der Waals surface area contributed by atoms with Gasteiger partial charge in [-0.3, -0.25) is 0 Å². The SMILES string of the molecule is C=C/C=C(\C=C/C)OC1(F)C(F)(F)C(F)(F)C1(F)Oc1ccccc1. The maximum atomic E-state index is 14.7. The van der Waals surface area contributed by atoms with E-state index in [4.69, 9.17) is 0 Å². The molecule has 8 heteroatoms. The topological polar surface area (TPSA) is 18.5 Å². The first-order valence-corrected chi connectivity index (χ1v) is 7.09. The lowest BCUT2D eigenvalue weighted by atomic mass is 9.76. The van der Waals surface area contributed by atoms with Crippen LogP contribution in [-0.4, -0.2) is 23.6 Å². The van der Waals surface area contributed by atoms with E-state index in [1.807, 2.05) is 0 Å². The second kappa shape index (κ2) is 6.16. The van der Waals surface area contributed by atoms with Crippen LogP contribution in [0.15, 0.2) is 67.0 Å². The van der Waals surface area contributed by atoms with Gasteiger partial charge in [0, 0.05) is 0 Å². The smallest absolute Gasteiger partial charge is 0.395 e. The number of hydrogen-bond donors (Lipinski definition) is 0. The normalized spacial score (nSPS) is 30.6. The van der Waals surface area contributed by atoms with Crippen LogP contribution in [0.3, 0.4) is 0 Å². The van der Waals surface area contributed by atoms with Crippen LogP contribution in [0.5, 0.6) is 5.75 Å². The van der Waals surface area contributed by atoms with E-state index in [0.717, 1.165) is 30.4 Å². The maximum Gasteiger partial charge on any atom is 0.395 e. The molecule has 0 aromatic heterocycles. The summed E-state index contributed by atoms with van der Waals surface area (Å²) in [7, 11) is 0. The van der Waals surface area contributed by atoms with Crippen molar-refractivity contribution < 1.29 is 35.8 Å². The molecule has 0 N–H and O–H groups in total. The molecular weight excluding hydrogens is 350 g/mol. The Hall–Kier alpha value is -2.38. The van der Waals surface area contributed by atoms with E-state index in [9.17, 15) is 26.3 Å². The molecule has 136 valence electrons. The lowest BCUT2D eigenvalue weighted by Crippen LogP contribution is -2.88. The average Bonchev–Trinajstić information content (AvgIpc) is 2.55. The van der Waals surface area contributed by atoms with E-state index < -0.39 is 35.1 Å². The summed E-state index contributed by atoms with van der Waals surface area (Å²) < 4.78 is 93.1. The van der Waals surface area contributed by atoms with Crippen molar-refractivity contribution in [3.63, 3.8) is 0 Å². The Morgan fingerprint density at radius 2 is 1.52 bits per heavy atom. The number of benzene rings is 1. The molecule has 2 nitrogen and oxygen atoms in total. The minimum Gasteiger partial charge on any atom is -0.447 e. The molecule has 1 aliphatic carbocycles. The van der Waals surface area contributed by atoms with Crippen molar-refractivity contribution in [2.45, 2.75) is 30.5 Å². The van der Waals surface area contributed by atoms with Gasteiger partial charge in [-0.15, -0.1) is 0 Å². The summed E-state index contributed by atoms with van der Waals surface area (Å²) in [5, 5.41) is 0. The summed E-state index contributed by atoms with van der Waals surface area (Å²) in [6.45, 7) is 4.68. The van der Waals surface area contributed by atoms with Crippen LogP contribution in [0.4, 0.5) is 26.3 Å². The van der Waals surface area contributed by atoms with E-state index in [1.165, 1.54) is 31.2 Å². The highest BCUT2D eigenvalue weighted by Gasteiger charge is 3.03. The highest BCUT2D eigenvalue weighted by atomic mass is 19.3. The second-order valence-electron chi connectivity index (χ2n) is 5.16. The van der Waals surface area contributed by atoms with Crippen molar-refractivity contribution in [1.29, 1.82) is 0 Å². The Labute approximate surface area is 140 Å². The van der Waals surface area contributed by atoms with Crippen LogP contribution >= 0.6 is 0 Å². The van der Waals surface area contributed by atoms with E-state index in [1.54, 1.807) is 0 Å². The van der Waals surface area contributed by atoms with Crippen molar-refractivity contribution >= 4 is 0 Å². The maximum absolute atomic E-state index is 14.7. The second-order valence-corrected chi connectivity index (χ2v) is 5.16. The molecule has 0 saturated heterocycles. The van der Waals surface area contributed by atoms with Crippen molar-refractivity contribution in [3.05, 3.63) is 67.0 Å². The molecule has 0 heterocycles. The highest BCUT2D eigenvalue weighted by molar-refractivity contribution is 5.32. The summed E-state index contributed by atoms with van der Waals surface area (Å²) in [4.78, 5) is 0. The predicted molar refractivity (Wildman–Crippen MR) is 78.8 cm³/mol. The molecule has 1 aromatic rings. The zero-order chi connectivity index (χ0) is 18.9. The Balaban J connectivity index is 2.48. The number of allylic oxidation sites excluding steroid dienone is 4. The monoisotopic (exact) mass is 364 g/mol.